The zero-order valence-corrected chi connectivity index (χ0v) is 21.2. The Morgan fingerprint density at radius 1 is 1.05 bits per heavy atom. The highest BCUT2D eigenvalue weighted by molar-refractivity contribution is 5.89. The number of hydrogen-bond donors (Lipinski definition) is 1. The minimum Gasteiger partial charge on any atom is -0.490 e. The number of carboxylic acid groups (broad SMARTS) is 1. The van der Waals surface area contributed by atoms with Gasteiger partial charge in [0.05, 0.1) is 12.0 Å². The van der Waals surface area contributed by atoms with E-state index in [1.807, 2.05) is 6.92 Å². The smallest absolute Gasteiger partial charge is 0.420 e. The first kappa shape index (κ1) is 28.5. The maximum absolute atomic E-state index is 14.2. The van der Waals surface area contributed by atoms with Gasteiger partial charge in [-0.3, -0.25) is 9.69 Å². The first-order valence-electron chi connectivity index (χ1n) is 13.2. The molecule has 38 heavy (non-hydrogen) atoms. The Morgan fingerprint density at radius 3 is 2.37 bits per heavy atom. The minimum atomic E-state index is -4.71. The highest BCUT2D eigenvalue weighted by Crippen LogP contribution is 2.44. The molecule has 4 nitrogen and oxygen atoms in total. The van der Waals surface area contributed by atoms with Gasteiger partial charge in [-0.2, -0.15) is 26.3 Å². The van der Waals surface area contributed by atoms with Crippen molar-refractivity contribution in [3.05, 3.63) is 41.5 Å². The van der Waals surface area contributed by atoms with E-state index in [1.165, 1.54) is 12.1 Å². The van der Waals surface area contributed by atoms with E-state index in [9.17, 15) is 36.2 Å². The van der Waals surface area contributed by atoms with E-state index in [0.29, 0.717) is 11.9 Å². The van der Waals surface area contributed by atoms with Crippen LogP contribution in [-0.4, -0.2) is 41.3 Å². The van der Waals surface area contributed by atoms with Gasteiger partial charge in [0, 0.05) is 19.0 Å². The van der Waals surface area contributed by atoms with Gasteiger partial charge >= 0.3 is 18.3 Å². The van der Waals surface area contributed by atoms with Gasteiger partial charge in [-0.05, 0) is 85.9 Å². The zero-order valence-electron chi connectivity index (χ0n) is 21.2. The molecule has 2 fully saturated rings. The van der Waals surface area contributed by atoms with Crippen LogP contribution in [0.2, 0.25) is 0 Å². The second kappa shape index (κ2) is 11.3. The molecule has 0 amide bonds. The van der Waals surface area contributed by atoms with Crippen molar-refractivity contribution in [3.8, 4) is 5.75 Å². The molecule has 10 heteroatoms. The van der Waals surface area contributed by atoms with Crippen molar-refractivity contribution in [2.24, 2.45) is 11.8 Å². The van der Waals surface area contributed by atoms with E-state index < -0.39 is 35.9 Å². The Hall–Kier alpha value is -2.49. The maximum atomic E-state index is 14.2. The van der Waals surface area contributed by atoms with Crippen LogP contribution >= 0.6 is 0 Å². The van der Waals surface area contributed by atoms with E-state index in [0.717, 1.165) is 31.4 Å². The van der Waals surface area contributed by atoms with E-state index in [2.05, 4.69) is 4.90 Å². The Kier molecular flexibility index (Phi) is 8.49. The van der Waals surface area contributed by atoms with Crippen molar-refractivity contribution in [1.29, 1.82) is 0 Å². The van der Waals surface area contributed by atoms with Crippen molar-refractivity contribution >= 4 is 16.7 Å². The number of hydrogen-bond acceptors (Lipinski definition) is 3. The van der Waals surface area contributed by atoms with Crippen molar-refractivity contribution in [2.45, 2.75) is 82.8 Å². The quantitative estimate of drug-likeness (QED) is 0.358. The summed E-state index contributed by atoms with van der Waals surface area (Å²) < 4.78 is 87.3. The van der Waals surface area contributed by atoms with Gasteiger partial charge < -0.3 is 9.84 Å². The number of likely N-dealkylation sites (tertiary alicyclic amines) is 1. The molecule has 1 N–H and O–H groups in total. The number of carbonyl (C=O) groups is 1. The first-order chi connectivity index (χ1) is 17.9. The molecule has 0 aromatic heterocycles. The number of halogens is 6. The highest BCUT2D eigenvalue weighted by Gasteiger charge is 2.43. The van der Waals surface area contributed by atoms with Gasteiger partial charge in [0.15, 0.2) is 0 Å². The number of fused-ring (bicyclic) bond motifs is 1. The summed E-state index contributed by atoms with van der Waals surface area (Å²) in [4.78, 5) is 13.4. The third kappa shape index (κ3) is 6.55. The number of nitrogens with zero attached hydrogens (tertiary/aromatic N) is 1. The summed E-state index contributed by atoms with van der Waals surface area (Å²) >= 11 is 0. The maximum Gasteiger partial charge on any atom is 0.420 e. The summed E-state index contributed by atoms with van der Waals surface area (Å²) in [6.45, 7) is 3.42. The van der Waals surface area contributed by atoms with Crippen LogP contribution in [-0.2, 0) is 11.0 Å². The van der Waals surface area contributed by atoms with Crippen molar-refractivity contribution in [3.63, 3.8) is 0 Å². The van der Waals surface area contributed by atoms with E-state index >= 15 is 0 Å². The molecule has 2 aromatic rings. The molecule has 2 atom stereocenters. The second-order valence-electron chi connectivity index (χ2n) is 10.6. The first-order valence-corrected chi connectivity index (χ1v) is 13.2. The van der Waals surface area contributed by atoms with E-state index in [-0.39, 0.29) is 55.2 Å². The van der Waals surface area contributed by atoms with Crippen LogP contribution < -0.4 is 4.74 Å². The summed E-state index contributed by atoms with van der Waals surface area (Å²) in [5, 5.41) is 9.57. The Balaban J connectivity index is 1.58. The summed E-state index contributed by atoms with van der Waals surface area (Å²) in [7, 11) is 0. The largest absolute Gasteiger partial charge is 0.490 e. The highest BCUT2D eigenvalue weighted by atomic mass is 19.4. The van der Waals surface area contributed by atoms with Gasteiger partial charge in [0.25, 0.3) is 0 Å². The van der Waals surface area contributed by atoms with Gasteiger partial charge in [-0.1, -0.05) is 25.1 Å². The third-order valence-electron chi connectivity index (χ3n) is 7.95. The average molecular weight is 546 g/mol. The predicted octanol–water partition coefficient (Wildman–Crippen LogP) is 8.00. The standard InChI is InChI=1S/C28H33F6NO3/c1-2-23(35-13-3-4-17(16-35)14-25(36)37)19-5-11-22-18(15-19)6-12-24(26(22)28(32,33)34)38-21-9-7-20(8-10-21)27(29,30)31/h5-6,11-12,15,17,20-21,23H,2-4,7-10,13-14,16H2,1H3,(H,36,37)/t17-,20-,21+,23?/m1/s1. The monoisotopic (exact) mass is 545 g/mol. The molecule has 2 aliphatic rings. The molecule has 1 saturated carbocycles. The number of benzene rings is 2. The molecule has 0 bridgehead atoms. The van der Waals surface area contributed by atoms with Gasteiger partial charge in [0.2, 0.25) is 0 Å². The molecule has 0 spiro atoms. The lowest BCUT2D eigenvalue weighted by atomic mass is 9.87. The fourth-order valence-corrected chi connectivity index (χ4v) is 6.11. The van der Waals surface area contributed by atoms with Crippen LogP contribution in [0.4, 0.5) is 26.3 Å². The minimum absolute atomic E-state index is 0.0139. The van der Waals surface area contributed by atoms with Crippen molar-refractivity contribution in [1.82, 2.24) is 4.90 Å². The number of rotatable bonds is 7. The van der Waals surface area contributed by atoms with Gasteiger partial charge in [0.1, 0.15) is 11.3 Å². The summed E-state index contributed by atoms with van der Waals surface area (Å²) in [6.07, 6.45) is -7.40. The third-order valence-corrected chi connectivity index (χ3v) is 7.95. The van der Waals surface area contributed by atoms with Crippen LogP contribution in [0.25, 0.3) is 10.8 Å². The molecule has 2 aromatic carbocycles. The predicted molar refractivity (Wildman–Crippen MR) is 131 cm³/mol. The molecule has 1 aliphatic heterocycles. The Bertz CT molecular complexity index is 1120. The van der Waals surface area contributed by atoms with E-state index in [1.54, 1.807) is 18.2 Å². The number of aliphatic carboxylic acids is 1. The Morgan fingerprint density at radius 2 is 1.76 bits per heavy atom. The summed E-state index contributed by atoms with van der Waals surface area (Å²) in [6, 6.07) is 7.67. The lowest BCUT2D eigenvalue weighted by Gasteiger charge is -2.38. The second-order valence-corrected chi connectivity index (χ2v) is 10.6. The van der Waals surface area contributed by atoms with E-state index in [4.69, 9.17) is 4.74 Å². The molecule has 4 rings (SSSR count). The van der Waals surface area contributed by atoms with Gasteiger partial charge in [-0.15, -0.1) is 0 Å². The molecular weight excluding hydrogens is 512 g/mol. The zero-order chi connectivity index (χ0) is 27.7. The normalized spacial score (nSPS) is 24.3. The lowest BCUT2D eigenvalue weighted by molar-refractivity contribution is -0.185. The fraction of sp³-hybridized carbons (Fsp3) is 0.607. The fourth-order valence-electron chi connectivity index (χ4n) is 6.11. The van der Waals surface area contributed by atoms with Crippen LogP contribution in [0.15, 0.2) is 30.3 Å². The topological polar surface area (TPSA) is 49.8 Å². The van der Waals surface area contributed by atoms with Crippen LogP contribution in [0.1, 0.15) is 75.5 Å². The number of ether oxygens (including phenoxy) is 1. The molecule has 1 aliphatic carbocycles. The van der Waals surface area contributed by atoms with Crippen molar-refractivity contribution in [2.75, 3.05) is 13.1 Å². The molecule has 1 heterocycles. The Labute approximate surface area is 217 Å². The van der Waals surface area contributed by atoms with Gasteiger partial charge in [-0.25, -0.2) is 0 Å². The molecule has 210 valence electrons. The molecule has 1 saturated heterocycles. The molecular formula is C28H33F6NO3. The van der Waals surface area contributed by atoms with Crippen LogP contribution in [0, 0.1) is 11.8 Å². The van der Waals surface area contributed by atoms with Crippen molar-refractivity contribution < 1.29 is 41.0 Å². The number of alkyl halides is 6. The molecule has 0 radical (unpaired) electrons. The number of piperidine rings is 1. The van der Waals surface area contributed by atoms with Crippen LogP contribution in [0.3, 0.4) is 0 Å². The summed E-state index contributed by atoms with van der Waals surface area (Å²) in [5.41, 5.74) is -0.0460. The summed E-state index contributed by atoms with van der Waals surface area (Å²) in [5.74, 6) is -2.58. The lowest BCUT2D eigenvalue weighted by Crippen LogP contribution is -2.38. The number of carboxylic acids is 1. The average Bonchev–Trinajstić information content (AvgIpc) is 2.83. The van der Waals surface area contributed by atoms with Crippen LogP contribution in [0.5, 0.6) is 5.75 Å². The molecule has 1 unspecified atom stereocenters. The SMILES string of the molecule is CCC(c1ccc2c(C(F)(F)F)c(O[C@H]3CC[C@@H](C(F)(F)F)CC3)ccc2c1)N1CCC[C@H](CC(=O)O)C1.